The lowest BCUT2D eigenvalue weighted by Gasteiger charge is -2.37. The average Bonchev–Trinajstić information content (AvgIpc) is 2.67. The number of ether oxygens (including phenoxy) is 1. The van der Waals surface area contributed by atoms with Gasteiger partial charge >= 0.3 is 5.97 Å². The Balaban J connectivity index is 2.00. The number of methoxy groups -OCH3 is 1. The van der Waals surface area contributed by atoms with Gasteiger partial charge in [0.2, 0.25) is 0 Å². The smallest absolute Gasteiger partial charge is 0.330 e. The first-order valence-corrected chi connectivity index (χ1v) is 9.25. The molecule has 1 aliphatic rings. The standard InChI is InChI=1S/C22H26N2O5/c1-22(2,23)19(21(28)29-3)24-20(27)15-10-8-14(9-11-15)6-4-5-7-16-12-18(26)17(16)13-25/h8-11,16-19,25-26H,12-13,23H2,1-3H3,(H,24,27)/t16?,17-,18?,19+/m0/s1. The van der Waals surface area contributed by atoms with E-state index >= 15 is 0 Å². The van der Waals surface area contributed by atoms with E-state index in [0.717, 1.165) is 0 Å². The number of amides is 1. The van der Waals surface area contributed by atoms with Crippen LogP contribution in [0.25, 0.3) is 0 Å². The SMILES string of the molecule is COC(=O)[C@@H](NC(=O)c1ccc(C#CC#CC2CC(O)[C@H]2CO)cc1)C(C)(C)N. The van der Waals surface area contributed by atoms with Crippen LogP contribution in [-0.2, 0) is 9.53 Å². The molecule has 0 spiro atoms. The summed E-state index contributed by atoms with van der Waals surface area (Å²) in [4.78, 5) is 24.3. The molecule has 154 valence electrons. The highest BCUT2D eigenvalue weighted by Crippen LogP contribution is 2.33. The van der Waals surface area contributed by atoms with Gasteiger partial charge in [-0.25, -0.2) is 4.79 Å². The monoisotopic (exact) mass is 398 g/mol. The number of carbonyl (C=O) groups is 2. The molecular formula is C22H26N2O5. The number of hydrogen-bond acceptors (Lipinski definition) is 6. The highest BCUT2D eigenvalue weighted by atomic mass is 16.5. The molecule has 0 radical (unpaired) electrons. The topological polar surface area (TPSA) is 122 Å². The van der Waals surface area contributed by atoms with E-state index in [0.29, 0.717) is 17.5 Å². The maximum atomic E-state index is 12.4. The molecule has 7 nitrogen and oxygen atoms in total. The van der Waals surface area contributed by atoms with Crippen molar-refractivity contribution in [2.45, 2.75) is 38.0 Å². The quantitative estimate of drug-likeness (QED) is 0.410. The van der Waals surface area contributed by atoms with Gasteiger partial charge in [0.1, 0.15) is 6.04 Å². The van der Waals surface area contributed by atoms with Crippen LogP contribution in [0.1, 0.15) is 36.2 Å². The lowest BCUT2D eigenvalue weighted by atomic mass is 9.72. The molecule has 0 bridgehead atoms. The highest BCUT2D eigenvalue weighted by molar-refractivity contribution is 5.97. The fraction of sp³-hybridized carbons (Fsp3) is 0.455. The largest absolute Gasteiger partial charge is 0.467 e. The molecule has 0 saturated heterocycles. The van der Waals surface area contributed by atoms with Crippen LogP contribution < -0.4 is 11.1 Å². The number of aliphatic hydroxyl groups excluding tert-OH is 2. The Kier molecular flexibility index (Phi) is 7.41. The van der Waals surface area contributed by atoms with Gasteiger partial charge in [0, 0.05) is 35.1 Å². The van der Waals surface area contributed by atoms with E-state index in [1.54, 1.807) is 38.1 Å². The zero-order chi connectivity index (χ0) is 21.6. The fourth-order valence-electron chi connectivity index (χ4n) is 2.92. The van der Waals surface area contributed by atoms with Gasteiger partial charge in [-0.05, 0) is 56.4 Å². The zero-order valence-corrected chi connectivity index (χ0v) is 16.7. The van der Waals surface area contributed by atoms with E-state index in [9.17, 15) is 14.7 Å². The van der Waals surface area contributed by atoms with Crippen LogP contribution in [-0.4, -0.2) is 53.5 Å². The summed E-state index contributed by atoms with van der Waals surface area (Å²) in [6, 6.07) is 5.55. The van der Waals surface area contributed by atoms with Crippen LogP contribution in [0.4, 0.5) is 0 Å². The molecule has 2 rings (SSSR count). The van der Waals surface area contributed by atoms with Gasteiger partial charge in [0.05, 0.1) is 13.2 Å². The third kappa shape index (κ3) is 5.82. The van der Waals surface area contributed by atoms with Crippen molar-refractivity contribution in [3.05, 3.63) is 35.4 Å². The minimum absolute atomic E-state index is 0.0371. The third-order valence-corrected chi connectivity index (χ3v) is 4.85. The molecule has 29 heavy (non-hydrogen) atoms. The van der Waals surface area contributed by atoms with Crippen molar-refractivity contribution in [2.24, 2.45) is 17.6 Å². The summed E-state index contributed by atoms with van der Waals surface area (Å²) in [5.74, 6) is 9.99. The van der Waals surface area contributed by atoms with Crippen molar-refractivity contribution >= 4 is 11.9 Å². The summed E-state index contributed by atoms with van der Waals surface area (Å²) in [7, 11) is 1.24. The van der Waals surface area contributed by atoms with Crippen LogP contribution in [0.15, 0.2) is 24.3 Å². The summed E-state index contributed by atoms with van der Waals surface area (Å²) >= 11 is 0. The summed E-state index contributed by atoms with van der Waals surface area (Å²) in [6.07, 6.45) is 0.0603. The summed E-state index contributed by atoms with van der Waals surface area (Å²) in [6.45, 7) is 3.17. The zero-order valence-electron chi connectivity index (χ0n) is 16.7. The van der Waals surface area contributed by atoms with Gasteiger partial charge in [-0.3, -0.25) is 4.79 Å². The number of rotatable bonds is 5. The summed E-state index contributed by atoms with van der Waals surface area (Å²) < 4.78 is 4.71. The van der Waals surface area contributed by atoms with Crippen LogP contribution in [0.5, 0.6) is 0 Å². The molecule has 0 heterocycles. The maximum absolute atomic E-state index is 12.4. The second kappa shape index (κ2) is 9.58. The highest BCUT2D eigenvalue weighted by Gasteiger charge is 2.38. The minimum Gasteiger partial charge on any atom is -0.467 e. The first kappa shape index (κ1) is 22.4. The second-order valence-corrected chi connectivity index (χ2v) is 7.60. The van der Waals surface area contributed by atoms with Crippen LogP contribution in [0.2, 0.25) is 0 Å². The molecule has 4 atom stereocenters. The van der Waals surface area contributed by atoms with Gasteiger partial charge in [0.25, 0.3) is 5.91 Å². The Morgan fingerprint density at radius 1 is 1.31 bits per heavy atom. The van der Waals surface area contributed by atoms with E-state index in [1.807, 2.05) is 0 Å². The Bertz CT molecular complexity index is 865. The second-order valence-electron chi connectivity index (χ2n) is 7.60. The minimum atomic E-state index is -0.988. The van der Waals surface area contributed by atoms with Crippen molar-refractivity contribution in [1.82, 2.24) is 5.32 Å². The number of nitrogens with one attached hydrogen (secondary N) is 1. The lowest BCUT2D eigenvalue weighted by molar-refractivity contribution is -0.144. The van der Waals surface area contributed by atoms with Crippen LogP contribution in [0, 0.1) is 35.5 Å². The number of esters is 1. The third-order valence-electron chi connectivity index (χ3n) is 4.85. The Hall–Kier alpha value is -2.84. The molecule has 1 fully saturated rings. The van der Waals surface area contributed by atoms with Crippen LogP contribution in [0.3, 0.4) is 0 Å². The van der Waals surface area contributed by atoms with Gasteiger partial charge in [-0.15, -0.1) is 0 Å². The molecule has 5 N–H and O–H groups in total. The number of hydrogen-bond donors (Lipinski definition) is 4. The van der Waals surface area contributed by atoms with Crippen molar-refractivity contribution in [1.29, 1.82) is 0 Å². The van der Waals surface area contributed by atoms with E-state index < -0.39 is 29.6 Å². The first-order chi connectivity index (χ1) is 13.7. The molecule has 1 aromatic rings. The Morgan fingerprint density at radius 3 is 2.48 bits per heavy atom. The normalized spacial score (nSPS) is 21.4. The summed E-state index contributed by atoms with van der Waals surface area (Å²) in [5.41, 5.74) is 6.00. The molecule has 1 aliphatic carbocycles. The Morgan fingerprint density at radius 2 is 1.97 bits per heavy atom. The van der Waals surface area contributed by atoms with E-state index in [1.165, 1.54) is 7.11 Å². The molecule has 1 amide bonds. The predicted molar refractivity (Wildman–Crippen MR) is 107 cm³/mol. The van der Waals surface area contributed by atoms with Gasteiger partial charge in [-0.2, -0.15) is 0 Å². The molecule has 0 aromatic heterocycles. The Labute approximate surface area is 170 Å². The number of carbonyl (C=O) groups excluding carboxylic acids is 2. The molecular weight excluding hydrogens is 372 g/mol. The molecule has 0 aliphatic heterocycles. The average molecular weight is 398 g/mol. The maximum Gasteiger partial charge on any atom is 0.330 e. The number of nitrogens with two attached hydrogens (primary N) is 1. The van der Waals surface area contributed by atoms with Gasteiger partial charge in [0.15, 0.2) is 0 Å². The van der Waals surface area contributed by atoms with E-state index in [-0.39, 0.29) is 18.4 Å². The first-order valence-electron chi connectivity index (χ1n) is 9.25. The molecule has 2 unspecified atom stereocenters. The number of aliphatic hydroxyl groups is 2. The van der Waals surface area contributed by atoms with Crippen LogP contribution >= 0.6 is 0 Å². The lowest BCUT2D eigenvalue weighted by Crippen LogP contribution is -2.59. The summed E-state index contributed by atoms with van der Waals surface area (Å²) in [5, 5.41) is 21.2. The molecule has 1 aromatic carbocycles. The fourth-order valence-corrected chi connectivity index (χ4v) is 2.92. The van der Waals surface area contributed by atoms with E-state index in [2.05, 4.69) is 29.0 Å². The molecule has 7 heteroatoms. The van der Waals surface area contributed by atoms with E-state index in [4.69, 9.17) is 15.6 Å². The van der Waals surface area contributed by atoms with Gasteiger partial charge < -0.3 is 26.0 Å². The number of benzene rings is 1. The van der Waals surface area contributed by atoms with Crippen molar-refractivity contribution in [3.8, 4) is 23.7 Å². The van der Waals surface area contributed by atoms with Crippen molar-refractivity contribution in [2.75, 3.05) is 13.7 Å². The van der Waals surface area contributed by atoms with Gasteiger partial charge in [-0.1, -0.05) is 11.8 Å². The van der Waals surface area contributed by atoms with Crippen molar-refractivity contribution < 1.29 is 24.5 Å². The van der Waals surface area contributed by atoms with Crippen molar-refractivity contribution in [3.63, 3.8) is 0 Å². The molecule has 1 saturated carbocycles. The predicted octanol–water partition coefficient (Wildman–Crippen LogP) is 0.0395.